The lowest BCUT2D eigenvalue weighted by molar-refractivity contribution is -0.386. The minimum absolute atomic E-state index is 0.0580. The summed E-state index contributed by atoms with van der Waals surface area (Å²) in [5, 5.41) is 16.9. The van der Waals surface area contributed by atoms with Crippen LogP contribution in [0, 0.1) is 10.1 Å². The SMILES string of the molecule is O=C1Nc2cc(Br)c([N+](=O)[O-])c(Br)c2C(=O)C1=NOC(=O)c1ccccc1. The maximum Gasteiger partial charge on any atom is 0.365 e. The highest BCUT2D eigenvalue weighted by Crippen LogP contribution is 2.41. The smallest absolute Gasteiger partial charge is 0.320 e. The van der Waals surface area contributed by atoms with Crippen LogP contribution in [0.15, 0.2) is 50.5 Å². The van der Waals surface area contributed by atoms with E-state index in [0.29, 0.717) is 0 Å². The van der Waals surface area contributed by atoms with Crippen LogP contribution in [0.2, 0.25) is 0 Å². The zero-order valence-corrected chi connectivity index (χ0v) is 16.2. The molecule has 0 atom stereocenters. The van der Waals surface area contributed by atoms with Crippen LogP contribution in [0.4, 0.5) is 11.4 Å². The van der Waals surface area contributed by atoms with Crippen molar-refractivity contribution in [2.24, 2.45) is 5.16 Å². The lowest BCUT2D eigenvalue weighted by Crippen LogP contribution is -2.36. The topological polar surface area (TPSA) is 128 Å². The number of hydrogen-bond donors (Lipinski definition) is 1. The van der Waals surface area contributed by atoms with Crippen LogP contribution in [0.5, 0.6) is 0 Å². The first-order chi connectivity index (χ1) is 12.8. The van der Waals surface area contributed by atoms with Crippen molar-refractivity contribution in [3.8, 4) is 0 Å². The van der Waals surface area contributed by atoms with Crippen molar-refractivity contribution in [3.63, 3.8) is 0 Å². The number of fused-ring (bicyclic) bond motifs is 1. The van der Waals surface area contributed by atoms with E-state index in [4.69, 9.17) is 0 Å². The molecule has 1 amide bonds. The molecule has 1 heterocycles. The van der Waals surface area contributed by atoms with Gasteiger partial charge in [0.05, 0.1) is 26.2 Å². The van der Waals surface area contributed by atoms with Gasteiger partial charge in [-0.05, 0) is 50.1 Å². The Balaban J connectivity index is 1.98. The van der Waals surface area contributed by atoms with E-state index in [2.05, 4.69) is 47.2 Å². The number of benzene rings is 2. The Labute approximate surface area is 167 Å². The van der Waals surface area contributed by atoms with Crippen LogP contribution in [-0.2, 0) is 9.63 Å². The molecule has 0 radical (unpaired) electrons. The molecule has 0 aliphatic carbocycles. The third-order valence-electron chi connectivity index (χ3n) is 3.51. The van der Waals surface area contributed by atoms with Gasteiger partial charge < -0.3 is 10.2 Å². The van der Waals surface area contributed by atoms with E-state index in [1.165, 1.54) is 18.2 Å². The van der Waals surface area contributed by atoms with Crippen molar-refractivity contribution in [3.05, 3.63) is 66.6 Å². The molecule has 0 saturated heterocycles. The van der Waals surface area contributed by atoms with Gasteiger partial charge >= 0.3 is 5.97 Å². The second-order valence-corrected chi connectivity index (χ2v) is 6.82. The van der Waals surface area contributed by atoms with E-state index < -0.39 is 28.3 Å². The Hall–Kier alpha value is -2.92. The number of nitrogens with zero attached hydrogens (tertiary/aromatic N) is 2. The zero-order chi connectivity index (χ0) is 19.7. The molecule has 0 bridgehead atoms. The van der Waals surface area contributed by atoms with Crippen LogP contribution >= 0.6 is 31.9 Å². The molecule has 0 saturated carbocycles. The number of amides is 1. The van der Waals surface area contributed by atoms with E-state index in [0.717, 1.165) is 0 Å². The lowest BCUT2D eigenvalue weighted by Gasteiger charge is -2.18. The molecule has 0 unspecified atom stereocenters. The van der Waals surface area contributed by atoms with Crippen molar-refractivity contribution < 1.29 is 24.1 Å². The normalized spacial score (nSPS) is 14.5. The van der Waals surface area contributed by atoms with Gasteiger partial charge in [0, 0.05) is 0 Å². The molecule has 2 aromatic carbocycles. The van der Waals surface area contributed by atoms with Gasteiger partial charge in [0.25, 0.3) is 11.6 Å². The van der Waals surface area contributed by atoms with Gasteiger partial charge in [-0.2, -0.15) is 0 Å². The summed E-state index contributed by atoms with van der Waals surface area (Å²) in [4.78, 5) is 51.9. The highest BCUT2D eigenvalue weighted by molar-refractivity contribution is 9.11. The monoisotopic (exact) mass is 495 g/mol. The van der Waals surface area contributed by atoms with Crippen molar-refractivity contribution in [2.75, 3.05) is 5.32 Å². The van der Waals surface area contributed by atoms with Gasteiger partial charge in [-0.1, -0.05) is 23.4 Å². The summed E-state index contributed by atoms with van der Waals surface area (Å²) in [6.07, 6.45) is 0. The number of halogens is 2. The summed E-state index contributed by atoms with van der Waals surface area (Å²) in [5.74, 6) is -2.69. The number of anilines is 1. The van der Waals surface area contributed by atoms with Crippen LogP contribution in [0.25, 0.3) is 0 Å². The molecule has 1 aliphatic heterocycles. The highest BCUT2D eigenvalue weighted by atomic mass is 79.9. The number of oxime groups is 1. The molecule has 0 aromatic heterocycles. The first-order valence-corrected chi connectivity index (χ1v) is 8.76. The maximum atomic E-state index is 12.6. The summed E-state index contributed by atoms with van der Waals surface area (Å²) < 4.78 is -0.0638. The molecule has 0 fully saturated rings. The standard InChI is InChI=1S/C16H7Br2N3O6/c17-8-6-9-10(11(18)13(8)21(25)26)14(22)12(15(23)19-9)20-27-16(24)7-4-2-1-3-5-7/h1-6H,(H,19,23). The molecule has 136 valence electrons. The first-order valence-electron chi connectivity index (χ1n) is 7.18. The Bertz CT molecular complexity index is 1040. The molecular formula is C16H7Br2N3O6. The van der Waals surface area contributed by atoms with Crippen molar-refractivity contribution in [2.45, 2.75) is 0 Å². The van der Waals surface area contributed by atoms with E-state index >= 15 is 0 Å². The van der Waals surface area contributed by atoms with Gasteiger partial charge in [-0.25, -0.2) is 4.79 Å². The second kappa shape index (κ2) is 7.37. The Morgan fingerprint density at radius 1 is 1.19 bits per heavy atom. The average molecular weight is 497 g/mol. The molecule has 2 aromatic rings. The third-order valence-corrected chi connectivity index (χ3v) is 4.89. The van der Waals surface area contributed by atoms with Crippen LogP contribution in [0.3, 0.4) is 0 Å². The average Bonchev–Trinajstić information content (AvgIpc) is 2.61. The molecule has 3 rings (SSSR count). The fraction of sp³-hybridized carbons (Fsp3) is 0. The van der Waals surface area contributed by atoms with Gasteiger partial charge in [-0.3, -0.25) is 19.7 Å². The highest BCUT2D eigenvalue weighted by Gasteiger charge is 2.37. The van der Waals surface area contributed by atoms with Crippen molar-refractivity contribution in [1.29, 1.82) is 0 Å². The summed E-state index contributed by atoms with van der Waals surface area (Å²) in [6, 6.07) is 9.08. The summed E-state index contributed by atoms with van der Waals surface area (Å²) >= 11 is 6.04. The molecular weight excluding hydrogens is 490 g/mol. The number of nitro benzene ring substituents is 1. The van der Waals surface area contributed by atoms with Crippen LogP contribution in [0.1, 0.15) is 20.7 Å². The van der Waals surface area contributed by atoms with Crippen molar-refractivity contribution in [1.82, 2.24) is 0 Å². The van der Waals surface area contributed by atoms with E-state index in [9.17, 15) is 24.5 Å². The van der Waals surface area contributed by atoms with Gasteiger partial charge in [-0.15, -0.1) is 0 Å². The Morgan fingerprint density at radius 2 is 1.85 bits per heavy atom. The lowest BCUT2D eigenvalue weighted by atomic mass is 9.99. The van der Waals surface area contributed by atoms with Gasteiger partial charge in [0.15, 0.2) is 0 Å². The third kappa shape index (κ3) is 3.51. The quantitative estimate of drug-likeness (QED) is 0.393. The number of Topliss-reactive ketones (excluding diaryl/α,β-unsaturated/α-hetero) is 1. The predicted molar refractivity (Wildman–Crippen MR) is 101 cm³/mol. The number of ketones is 1. The van der Waals surface area contributed by atoms with Crippen LogP contribution < -0.4 is 5.32 Å². The molecule has 11 heteroatoms. The largest absolute Gasteiger partial charge is 0.365 e. The molecule has 1 aliphatic rings. The summed E-state index contributed by atoms with van der Waals surface area (Å²) in [5.41, 5.74) is -1.03. The van der Waals surface area contributed by atoms with E-state index in [-0.39, 0.29) is 31.4 Å². The number of nitrogens with one attached hydrogen (secondary N) is 1. The molecule has 1 N–H and O–H groups in total. The molecule has 27 heavy (non-hydrogen) atoms. The second-order valence-electron chi connectivity index (χ2n) is 5.17. The summed E-state index contributed by atoms with van der Waals surface area (Å²) in [7, 11) is 0. The van der Waals surface area contributed by atoms with Crippen molar-refractivity contribution >= 4 is 66.6 Å². The number of carbonyl (C=O) groups is 3. The number of carbonyl (C=O) groups excluding carboxylic acids is 3. The van der Waals surface area contributed by atoms with Gasteiger partial charge in [0.2, 0.25) is 11.5 Å². The minimum atomic E-state index is -0.919. The molecule has 0 spiro atoms. The zero-order valence-electron chi connectivity index (χ0n) is 13.1. The fourth-order valence-electron chi connectivity index (χ4n) is 2.30. The maximum absolute atomic E-state index is 12.6. The first kappa shape index (κ1) is 18.9. The van der Waals surface area contributed by atoms with Crippen LogP contribution in [-0.4, -0.2) is 28.3 Å². The summed E-state index contributed by atoms with van der Waals surface area (Å²) in [6.45, 7) is 0. The number of rotatable bonds is 3. The Kier molecular flexibility index (Phi) is 5.15. The van der Waals surface area contributed by atoms with E-state index in [1.54, 1.807) is 18.2 Å². The number of nitro groups is 1. The van der Waals surface area contributed by atoms with E-state index in [1.807, 2.05) is 0 Å². The fourth-order valence-corrected chi connectivity index (χ4v) is 3.89. The predicted octanol–water partition coefficient (Wildman–Crippen LogP) is 3.47. The van der Waals surface area contributed by atoms with Gasteiger partial charge in [0.1, 0.15) is 4.47 Å². The molecule has 9 nitrogen and oxygen atoms in total. The number of hydrogen-bond acceptors (Lipinski definition) is 7. The Morgan fingerprint density at radius 3 is 2.48 bits per heavy atom. The minimum Gasteiger partial charge on any atom is -0.320 e.